The van der Waals surface area contributed by atoms with Crippen LogP contribution in [-0.4, -0.2) is 42.9 Å². The topological polar surface area (TPSA) is 88.8 Å². The molecule has 2 amide bonds. The molecule has 1 saturated heterocycles. The van der Waals surface area contributed by atoms with Crippen LogP contribution in [0.4, 0.5) is 0 Å². The highest BCUT2D eigenvalue weighted by Gasteiger charge is 2.34. The van der Waals surface area contributed by atoms with E-state index in [0.29, 0.717) is 26.1 Å². The average molecular weight is 336 g/mol. The van der Waals surface area contributed by atoms with Gasteiger partial charge in [-0.15, -0.1) is 0 Å². The third-order valence-corrected chi connectivity index (χ3v) is 4.10. The van der Waals surface area contributed by atoms with Crippen molar-refractivity contribution in [3.05, 3.63) is 24.2 Å². The number of methoxy groups -OCH3 is 1. The Labute approximate surface area is 141 Å². The Bertz CT molecular complexity index is 555. The molecule has 1 aliphatic rings. The number of ether oxygens (including phenoxy) is 1. The second-order valence-corrected chi connectivity index (χ2v) is 5.93. The van der Waals surface area contributed by atoms with Gasteiger partial charge in [-0.25, -0.2) is 0 Å². The zero-order chi connectivity index (χ0) is 17.4. The summed E-state index contributed by atoms with van der Waals surface area (Å²) in [7, 11) is 1.38. The Hall–Kier alpha value is -2.31. The summed E-state index contributed by atoms with van der Waals surface area (Å²) in [6.07, 6.45) is 4.63. The molecule has 24 heavy (non-hydrogen) atoms. The first kappa shape index (κ1) is 18.0. The number of nitrogens with one attached hydrogen (secondary N) is 1. The van der Waals surface area contributed by atoms with Gasteiger partial charge in [0.05, 0.1) is 25.8 Å². The van der Waals surface area contributed by atoms with Gasteiger partial charge in [0.1, 0.15) is 5.76 Å². The van der Waals surface area contributed by atoms with Crippen molar-refractivity contribution in [1.82, 2.24) is 10.2 Å². The third-order valence-electron chi connectivity index (χ3n) is 4.10. The molecule has 1 aliphatic heterocycles. The number of likely N-dealkylation sites (tertiary alicyclic amines) is 1. The van der Waals surface area contributed by atoms with E-state index < -0.39 is 0 Å². The number of hydrogen-bond acceptors (Lipinski definition) is 5. The maximum Gasteiger partial charge on any atom is 0.305 e. The van der Waals surface area contributed by atoms with Crippen LogP contribution in [0.15, 0.2) is 22.8 Å². The summed E-state index contributed by atoms with van der Waals surface area (Å²) in [6.45, 7) is 1.39. The summed E-state index contributed by atoms with van der Waals surface area (Å²) in [5.41, 5.74) is 0. The van der Waals surface area contributed by atoms with Gasteiger partial charge in [0.2, 0.25) is 11.8 Å². The lowest BCUT2D eigenvalue weighted by atomic mass is 10.1. The maximum absolute atomic E-state index is 12.1. The molecule has 0 radical (unpaired) electrons. The first-order valence-corrected chi connectivity index (χ1v) is 8.25. The summed E-state index contributed by atoms with van der Waals surface area (Å²) < 4.78 is 9.81. The first-order valence-electron chi connectivity index (χ1n) is 8.25. The van der Waals surface area contributed by atoms with Crippen molar-refractivity contribution in [1.29, 1.82) is 0 Å². The normalized spacial score (nSPS) is 17.1. The Kier molecular flexibility index (Phi) is 6.84. The Morgan fingerprint density at radius 1 is 1.38 bits per heavy atom. The van der Waals surface area contributed by atoms with E-state index in [9.17, 15) is 14.4 Å². The van der Waals surface area contributed by atoms with Crippen LogP contribution in [0.5, 0.6) is 0 Å². The third kappa shape index (κ3) is 5.40. The summed E-state index contributed by atoms with van der Waals surface area (Å²) >= 11 is 0. The minimum Gasteiger partial charge on any atom is -0.469 e. The average Bonchev–Trinajstić information content (AvgIpc) is 3.21. The van der Waals surface area contributed by atoms with Gasteiger partial charge < -0.3 is 19.4 Å². The molecule has 132 valence electrons. The van der Waals surface area contributed by atoms with Gasteiger partial charge in [0.15, 0.2) is 0 Å². The molecule has 7 heteroatoms. The number of hydrogen-bond donors (Lipinski definition) is 1. The van der Waals surface area contributed by atoms with Crippen LogP contribution >= 0.6 is 0 Å². The predicted molar refractivity (Wildman–Crippen MR) is 85.7 cm³/mol. The lowest BCUT2D eigenvalue weighted by Gasteiger charge is -2.15. The number of carbonyl (C=O) groups is 3. The minimum atomic E-state index is -0.303. The molecular weight excluding hydrogens is 312 g/mol. The number of unbranched alkanes of at least 4 members (excludes halogenated alkanes) is 2. The molecule has 1 atom stereocenters. The number of nitrogens with zero attached hydrogens (tertiary/aromatic N) is 1. The zero-order valence-corrected chi connectivity index (χ0v) is 14.0. The van der Waals surface area contributed by atoms with E-state index in [1.807, 2.05) is 6.07 Å². The van der Waals surface area contributed by atoms with Crippen LogP contribution in [0.1, 0.15) is 37.9 Å². The van der Waals surface area contributed by atoms with E-state index >= 15 is 0 Å². The number of rotatable bonds is 9. The second-order valence-electron chi connectivity index (χ2n) is 5.93. The van der Waals surface area contributed by atoms with Crippen LogP contribution in [0.2, 0.25) is 0 Å². The standard InChI is InChI=1S/C17H24N2O5/c1-23-16(21)7-3-2-4-8-18-17(22)13-10-15(20)19(11-13)12-14-6-5-9-24-14/h5-6,9,13H,2-4,7-8,10-12H2,1H3,(H,18,22). The summed E-state index contributed by atoms with van der Waals surface area (Å²) in [6, 6.07) is 3.59. The molecule has 7 nitrogen and oxygen atoms in total. The number of furan rings is 1. The largest absolute Gasteiger partial charge is 0.469 e. The van der Waals surface area contributed by atoms with Crippen LogP contribution in [0, 0.1) is 5.92 Å². The Balaban J connectivity index is 1.62. The lowest BCUT2D eigenvalue weighted by molar-refractivity contribution is -0.140. The van der Waals surface area contributed by atoms with Crippen LogP contribution < -0.4 is 5.32 Å². The van der Waals surface area contributed by atoms with Crippen LogP contribution in [-0.2, 0) is 25.7 Å². The van der Waals surface area contributed by atoms with Gasteiger partial charge in [-0.2, -0.15) is 0 Å². The second kappa shape index (κ2) is 9.10. The fraction of sp³-hybridized carbons (Fsp3) is 0.588. The molecule has 0 aliphatic carbocycles. The Morgan fingerprint density at radius 3 is 2.92 bits per heavy atom. The zero-order valence-electron chi connectivity index (χ0n) is 14.0. The molecule has 2 rings (SSSR count). The molecule has 1 aromatic rings. The van der Waals surface area contributed by atoms with E-state index in [1.165, 1.54) is 7.11 Å². The van der Waals surface area contributed by atoms with Crippen molar-refractivity contribution >= 4 is 17.8 Å². The summed E-state index contributed by atoms with van der Waals surface area (Å²) in [4.78, 5) is 36.7. The molecule has 1 aromatic heterocycles. The molecule has 0 bridgehead atoms. The van der Waals surface area contributed by atoms with Crippen molar-refractivity contribution < 1.29 is 23.5 Å². The SMILES string of the molecule is COC(=O)CCCCCNC(=O)C1CC(=O)N(Cc2ccco2)C1. The van der Waals surface area contributed by atoms with Gasteiger partial charge in [-0.1, -0.05) is 6.42 Å². The van der Waals surface area contributed by atoms with Gasteiger partial charge in [-0.3, -0.25) is 14.4 Å². The first-order chi connectivity index (χ1) is 11.6. The highest BCUT2D eigenvalue weighted by Crippen LogP contribution is 2.20. The van der Waals surface area contributed by atoms with E-state index in [4.69, 9.17) is 4.42 Å². The molecule has 1 fully saturated rings. The van der Waals surface area contributed by atoms with Gasteiger partial charge in [-0.05, 0) is 25.0 Å². The van der Waals surface area contributed by atoms with Crippen LogP contribution in [0.3, 0.4) is 0 Å². The van der Waals surface area contributed by atoms with Crippen molar-refractivity contribution in [2.24, 2.45) is 5.92 Å². The quantitative estimate of drug-likeness (QED) is 0.545. The summed E-state index contributed by atoms with van der Waals surface area (Å²) in [5, 5.41) is 2.87. The van der Waals surface area contributed by atoms with Crippen molar-refractivity contribution in [2.75, 3.05) is 20.2 Å². The van der Waals surface area contributed by atoms with Crippen molar-refractivity contribution in [3.8, 4) is 0 Å². The molecule has 0 saturated carbocycles. The minimum absolute atomic E-state index is 0.0235. The lowest BCUT2D eigenvalue weighted by Crippen LogP contribution is -2.33. The van der Waals surface area contributed by atoms with Crippen LogP contribution in [0.25, 0.3) is 0 Å². The fourth-order valence-electron chi connectivity index (χ4n) is 2.72. The van der Waals surface area contributed by atoms with E-state index in [0.717, 1.165) is 25.0 Å². The highest BCUT2D eigenvalue weighted by molar-refractivity contribution is 5.89. The maximum atomic E-state index is 12.1. The molecule has 1 unspecified atom stereocenters. The molecule has 2 heterocycles. The van der Waals surface area contributed by atoms with Crippen molar-refractivity contribution in [3.63, 3.8) is 0 Å². The van der Waals surface area contributed by atoms with E-state index in [1.54, 1.807) is 17.2 Å². The van der Waals surface area contributed by atoms with Gasteiger partial charge in [0.25, 0.3) is 0 Å². The van der Waals surface area contributed by atoms with E-state index in [-0.39, 0.29) is 30.1 Å². The Morgan fingerprint density at radius 2 is 2.21 bits per heavy atom. The van der Waals surface area contributed by atoms with Gasteiger partial charge in [0, 0.05) is 25.9 Å². The molecular formula is C17H24N2O5. The number of carbonyl (C=O) groups excluding carboxylic acids is 3. The van der Waals surface area contributed by atoms with E-state index in [2.05, 4.69) is 10.1 Å². The number of esters is 1. The molecule has 0 spiro atoms. The van der Waals surface area contributed by atoms with Crippen molar-refractivity contribution in [2.45, 2.75) is 38.6 Å². The monoisotopic (exact) mass is 336 g/mol. The fourth-order valence-corrected chi connectivity index (χ4v) is 2.72. The smallest absolute Gasteiger partial charge is 0.305 e. The highest BCUT2D eigenvalue weighted by atomic mass is 16.5. The molecule has 0 aromatic carbocycles. The molecule has 1 N–H and O–H groups in total. The predicted octanol–water partition coefficient (Wildman–Crippen LogP) is 1.48. The summed E-state index contributed by atoms with van der Waals surface area (Å²) in [5.74, 6) is 0.0978. The number of amides is 2. The van der Waals surface area contributed by atoms with Gasteiger partial charge >= 0.3 is 5.97 Å².